The number of pyridine rings is 2. The number of nitriles is 1. The van der Waals surface area contributed by atoms with Gasteiger partial charge in [-0.2, -0.15) is 5.26 Å². The second-order valence-corrected chi connectivity index (χ2v) is 18.6. The van der Waals surface area contributed by atoms with Crippen LogP contribution in [0.1, 0.15) is 61.5 Å². The SMILES string of the molecule is CC(CO[Si](C)(C)C(C)(C)C)Oc1nc(C(=O)NCC2CCN(Cc3cnc(-c4ccccn4)s3)CC2)cc(N)c1C#N. The zero-order valence-corrected chi connectivity index (χ0v) is 27.8. The van der Waals surface area contributed by atoms with Crippen LogP contribution in [0.2, 0.25) is 18.1 Å². The Morgan fingerprint density at radius 2 is 2.02 bits per heavy atom. The molecular weight excluding hydrogens is 579 g/mol. The van der Waals surface area contributed by atoms with Crippen molar-refractivity contribution in [2.24, 2.45) is 5.92 Å². The van der Waals surface area contributed by atoms with Crippen LogP contribution in [0.3, 0.4) is 0 Å². The van der Waals surface area contributed by atoms with Crippen molar-refractivity contribution in [2.45, 2.75) is 71.3 Å². The molecule has 1 aliphatic heterocycles. The van der Waals surface area contributed by atoms with Crippen molar-refractivity contribution in [3.8, 4) is 22.7 Å². The number of nitrogens with two attached hydrogens (primary N) is 1. The lowest BCUT2D eigenvalue weighted by Gasteiger charge is -2.36. The molecule has 0 aliphatic carbocycles. The maximum absolute atomic E-state index is 13.1. The summed E-state index contributed by atoms with van der Waals surface area (Å²) in [4.78, 5) is 30.0. The molecule has 0 aromatic carbocycles. The first-order valence-electron chi connectivity index (χ1n) is 14.7. The molecule has 0 saturated carbocycles. The number of carbonyl (C=O) groups is 1. The minimum Gasteiger partial charge on any atom is -0.471 e. The highest BCUT2D eigenvalue weighted by Crippen LogP contribution is 2.36. The first kappa shape index (κ1) is 32.5. The van der Waals surface area contributed by atoms with Crippen LogP contribution < -0.4 is 15.8 Å². The third kappa shape index (κ3) is 8.60. The van der Waals surface area contributed by atoms with Gasteiger partial charge in [-0.25, -0.2) is 9.97 Å². The van der Waals surface area contributed by atoms with Gasteiger partial charge in [-0.3, -0.25) is 14.7 Å². The average molecular weight is 622 g/mol. The summed E-state index contributed by atoms with van der Waals surface area (Å²) in [5, 5.41) is 13.7. The summed E-state index contributed by atoms with van der Waals surface area (Å²) in [7, 11) is -1.97. The minimum atomic E-state index is -1.97. The zero-order valence-electron chi connectivity index (χ0n) is 26.0. The highest BCUT2D eigenvalue weighted by molar-refractivity contribution is 7.15. The molecule has 0 spiro atoms. The summed E-state index contributed by atoms with van der Waals surface area (Å²) in [5.74, 6) is 0.0895. The zero-order chi connectivity index (χ0) is 31.2. The molecule has 3 aromatic heterocycles. The molecule has 43 heavy (non-hydrogen) atoms. The lowest BCUT2D eigenvalue weighted by atomic mass is 9.96. The van der Waals surface area contributed by atoms with Crippen LogP contribution >= 0.6 is 11.3 Å². The Bertz CT molecular complexity index is 1430. The van der Waals surface area contributed by atoms with Gasteiger partial charge in [-0.15, -0.1) is 11.3 Å². The standard InChI is InChI=1S/C31H43N7O3SSi/c1-21(20-40-43(5,6)31(2,3)4)41-29-24(16-32)25(33)15-27(37-29)28(39)35-17-22-10-13-38(14-11-22)19-23-18-36-30(42-23)26-9-7-8-12-34-26/h7-9,12,15,18,21-22H,10-11,13-14,17,19-20H2,1-6H3,(H2,33,37)(H,35,39). The van der Waals surface area contributed by atoms with Gasteiger partial charge in [0.25, 0.3) is 5.91 Å². The molecule has 4 rings (SSSR count). The van der Waals surface area contributed by atoms with Crippen LogP contribution in [0.15, 0.2) is 36.7 Å². The van der Waals surface area contributed by atoms with E-state index < -0.39 is 8.32 Å². The van der Waals surface area contributed by atoms with Crippen LogP contribution in [-0.2, 0) is 11.0 Å². The third-order valence-electron chi connectivity index (χ3n) is 8.23. The number of carbonyl (C=O) groups excluding carboxylic acids is 1. The Balaban J connectivity index is 1.28. The molecule has 1 amide bonds. The smallest absolute Gasteiger partial charge is 0.270 e. The van der Waals surface area contributed by atoms with Gasteiger partial charge in [0.15, 0.2) is 8.32 Å². The second-order valence-electron chi connectivity index (χ2n) is 12.7. The van der Waals surface area contributed by atoms with E-state index in [4.69, 9.17) is 14.9 Å². The molecule has 1 fully saturated rings. The molecule has 1 aliphatic rings. The quantitative estimate of drug-likeness (QED) is 0.266. The molecule has 0 radical (unpaired) electrons. The Hall–Kier alpha value is -3.37. The van der Waals surface area contributed by atoms with E-state index in [2.05, 4.69) is 65.1 Å². The number of nitrogens with one attached hydrogen (secondary N) is 1. The van der Waals surface area contributed by atoms with E-state index in [0.717, 1.165) is 43.2 Å². The van der Waals surface area contributed by atoms with Crippen molar-refractivity contribution in [3.05, 3.63) is 52.8 Å². The maximum Gasteiger partial charge on any atom is 0.270 e. The summed E-state index contributed by atoms with van der Waals surface area (Å²) < 4.78 is 12.2. The fourth-order valence-electron chi connectivity index (χ4n) is 4.51. The number of ether oxygens (including phenoxy) is 1. The van der Waals surface area contributed by atoms with Gasteiger partial charge < -0.3 is 20.2 Å². The van der Waals surface area contributed by atoms with E-state index in [-0.39, 0.29) is 39.9 Å². The van der Waals surface area contributed by atoms with Gasteiger partial charge >= 0.3 is 0 Å². The second kappa shape index (κ2) is 13.9. The lowest BCUT2D eigenvalue weighted by molar-refractivity contribution is 0.0926. The molecule has 10 nitrogen and oxygen atoms in total. The number of hydrogen-bond acceptors (Lipinski definition) is 10. The first-order valence-corrected chi connectivity index (χ1v) is 18.5. The fraction of sp³-hybridized carbons (Fsp3) is 0.516. The number of thiazole rings is 1. The third-order valence-corrected chi connectivity index (χ3v) is 13.7. The van der Waals surface area contributed by atoms with Gasteiger partial charge in [0.1, 0.15) is 28.4 Å². The first-order chi connectivity index (χ1) is 20.4. The number of hydrogen-bond donors (Lipinski definition) is 2. The molecule has 0 bridgehead atoms. The number of amides is 1. The summed E-state index contributed by atoms with van der Waals surface area (Å²) in [5.41, 5.74) is 7.46. The van der Waals surface area contributed by atoms with Gasteiger partial charge in [-0.1, -0.05) is 26.8 Å². The molecule has 1 saturated heterocycles. The molecule has 3 aromatic rings. The number of anilines is 1. The summed E-state index contributed by atoms with van der Waals surface area (Å²) in [6.07, 6.45) is 5.32. The number of piperidine rings is 1. The van der Waals surface area contributed by atoms with E-state index in [1.54, 1.807) is 17.5 Å². The normalized spacial score (nSPS) is 15.6. The molecular formula is C31H43N7O3SSi. The fourth-order valence-corrected chi connectivity index (χ4v) is 6.52. The van der Waals surface area contributed by atoms with Crippen LogP contribution in [0.25, 0.3) is 10.7 Å². The van der Waals surface area contributed by atoms with Crippen molar-refractivity contribution in [2.75, 3.05) is 32.0 Å². The van der Waals surface area contributed by atoms with E-state index in [0.29, 0.717) is 19.1 Å². The van der Waals surface area contributed by atoms with Crippen molar-refractivity contribution in [3.63, 3.8) is 0 Å². The predicted octanol–water partition coefficient (Wildman–Crippen LogP) is 5.49. The summed E-state index contributed by atoms with van der Waals surface area (Å²) in [6.45, 7) is 16.4. The summed E-state index contributed by atoms with van der Waals surface area (Å²) >= 11 is 1.68. The van der Waals surface area contributed by atoms with E-state index in [1.165, 1.54) is 10.9 Å². The Labute approximate surface area is 259 Å². The van der Waals surface area contributed by atoms with Crippen LogP contribution in [0.4, 0.5) is 5.69 Å². The summed E-state index contributed by atoms with van der Waals surface area (Å²) in [6, 6.07) is 9.35. The Morgan fingerprint density at radius 1 is 1.28 bits per heavy atom. The number of aromatic nitrogens is 3. The number of rotatable bonds is 11. The molecule has 3 N–H and O–H groups in total. The molecule has 230 valence electrons. The van der Waals surface area contributed by atoms with E-state index >= 15 is 0 Å². The van der Waals surface area contributed by atoms with Gasteiger partial charge in [0.2, 0.25) is 5.88 Å². The average Bonchev–Trinajstić information content (AvgIpc) is 3.44. The van der Waals surface area contributed by atoms with E-state index in [9.17, 15) is 10.1 Å². The van der Waals surface area contributed by atoms with Gasteiger partial charge in [0.05, 0.1) is 18.0 Å². The maximum atomic E-state index is 13.1. The predicted molar refractivity (Wildman–Crippen MR) is 172 cm³/mol. The van der Waals surface area contributed by atoms with Crippen molar-refractivity contribution < 1.29 is 14.0 Å². The molecule has 1 atom stereocenters. The molecule has 12 heteroatoms. The van der Waals surface area contributed by atoms with Crippen LogP contribution in [-0.4, -0.2) is 66.4 Å². The van der Waals surface area contributed by atoms with Gasteiger partial charge in [0, 0.05) is 30.4 Å². The highest BCUT2D eigenvalue weighted by Gasteiger charge is 2.37. The molecule has 4 heterocycles. The number of nitrogen functional groups attached to an aromatic ring is 1. The largest absolute Gasteiger partial charge is 0.471 e. The Morgan fingerprint density at radius 3 is 2.67 bits per heavy atom. The minimum absolute atomic E-state index is 0.0570. The lowest BCUT2D eigenvalue weighted by Crippen LogP contribution is -2.43. The van der Waals surface area contributed by atoms with Gasteiger partial charge in [-0.05, 0) is 75.1 Å². The van der Waals surface area contributed by atoms with Crippen molar-refractivity contribution in [1.29, 1.82) is 5.26 Å². The Kier molecular flexibility index (Phi) is 10.6. The van der Waals surface area contributed by atoms with Crippen LogP contribution in [0.5, 0.6) is 5.88 Å². The van der Waals surface area contributed by atoms with Crippen molar-refractivity contribution >= 4 is 31.2 Å². The highest BCUT2D eigenvalue weighted by atomic mass is 32.1. The van der Waals surface area contributed by atoms with Crippen LogP contribution in [0, 0.1) is 17.2 Å². The monoisotopic (exact) mass is 621 g/mol. The topological polar surface area (TPSA) is 139 Å². The van der Waals surface area contributed by atoms with Crippen molar-refractivity contribution in [1.82, 2.24) is 25.2 Å². The molecule has 1 unspecified atom stereocenters. The number of likely N-dealkylation sites (tertiary alicyclic amines) is 1. The number of nitrogens with zero attached hydrogens (tertiary/aromatic N) is 5. The van der Waals surface area contributed by atoms with E-state index in [1.807, 2.05) is 31.3 Å².